The molecule has 0 aromatic carbocycles. The summed E-state index contributed by atoms with van der Waals surface area (Å²) < 4.78 is 0. The van der Waals surface area contributed by atoms with Gasteiger partial charge in [-0.05, 0) is 30.9 Å². The van der Waals surface area contributed by atoms with Gasteiger partial charge in [0.05, 0.1) is 0 Å². The third-order valence-electron chi connectivity index (χ3n) is 5.29. The maximum Gasteiger partial charge on any atom is 0.352 e. The number of β-lactam (4-membered cyclic amide) rings is 1. The van der Waals surface area contributed by atoms with Crippen LogP contribution in [0.2, 0.25) is 0 Å². The van der Waals surface area contributed by atoms with Crippen molar-refractivity contribution in [2.24, 2.45) is 5.41 Å². The summed E-state index contributed by atoms with van der Waals surface area (Å²) in [5, 5.41) is 14.5. The number of allylic oxidation sites excluding steroid dienone is 3. The lowest BCUT2D eigenvalue weighted by atomic mass is 9.92. The van der Waals surface area contributed by atoms with Gasteiger partial charge in [-0.25, -0.2) is 4.79 Å². The number of hydrogen-bond donors (Lipinski definition) is 3. The quantitative estimate of drug-likeness (QED) is 0.448. The van der Waals surface area contributed by atoms with Crippen LogP contribution in [0.3, 0.4) is 0 Å². The van der Waals surface area contributed by atoms with E-state index in [1.165, 1.54) is 16.7 Å². The molecule has 2 aliphatic heterocycles. The lowest BCUT2D eigenvalue weighted by molar-refractivity contribution is -0.151. The highest BCUT2D eigenvalue weighted by Crippen LogP contribution is 2.40. The summed E-state index contributed by atoms with van der Waals surface area (Å²) in [5.41, 5.74) is 0.711. The second kappa shape index (κ2) is 8.29. The maximum atomic E-state index is 13.1. The Morgan fingerprint density at radius 3 is 2.53 bits per heavy atom. The summed E-state index contributed by atoms with van der Waals surface area (Å²) in [6.07, 6.45) is 7.05. The van der Waals surface area contributed by atoms with Crippen molar-refractivity contribution >= 4 is 35.5 Å². The molecule has 3 N–H and O–H groups in total. The Balaban J connectivity index is 1.77. The minimum atomic E-state index is -1.15. The topological polar surface area (TPSA) is 116 Å². The van der Waals surface area contributed by atoms with Crippen molar-refractivity contribution in [3.8, 4) is 0 Å². The monoisotopic (exact) mass is 433 g/mol. The summed E-state index contributed by atoms with van der Waals surface area (Å²) in [5.74, 6) is -1.85. The number of carboxylic acids is 1. The Morgan fingerprint density at radius 2 is 1.97 bits per heavy atom. The zero-order valence-corrected chi connectivity index (χ0v) is 18.3. The fraction of sp³-hybridized carbons (Fsp3) is 0.524. The lowest BCUT2D eigenvalue weighted by Crippen LogP contribution is -2.71. The van der Waals surface area contributed by atoms with Crippen LogP contribution in [0.5, 0.6) is 0 Å². The molecule has 1 aliphatic carbocycles. The molecule has 2 heterocycles. The Bertz CT molecular complexity index is 884. The summed E-state index contributed by atoms with van der Waals surface area (Å²) >= 11 is 1.42. The van der Waals surface area contributed by atoms with E-state index in [-0.39, 0.29) is 11.6 Å². The van der Waals surface area contributed by atoms with E-state index in [4.69, 9.17) is 0 Å². The van der Waals surface area contributed by atoms with Gasteiger partial charge >= 0.3 is 5.97 Å². The zero-order chi connectivity index (χ0) is 22.2. The third-order valence-corrected chi connectivity index (χ3v) is 6.71. The number of carbonyl (C=O) groups excluding carboxylic acids is 3. The Morgan fingerprint density at radius 1 is 1.27 bits per heavy atom. The first kappa shape index (κ1) is 22.1. The number of hydrogen-bond acceptors (Lipinski definition) is 5. The molecule has 0 saturated carbocycles. The van der Waals surface area contributed by atoms with Gasteiger partial charge in [0, 0.05) is 11.2 Å². The molecule has 162 valence electrons. The van der Waals surface area contributed by atoms with Crippen molar-refractivity contribution in [3.05, 3.63) is 35.1 Å². The van der Waals surface area contributed by atoms with Gasteiger partial charge in [-0.3, -0.25) is 19.3 Å². The fourth-order valence-electron chi connectivity index (χ4n) is 3.54. The molecule has 0 bridgehead atoms. The number of carbonyl (C=O) groups is 4. The molecule has 3 amide bonds. The van der Waals surface area contributed by atoms with E-state index in [9.17, 15) is 24.3 Å². The average Bonchev–Trinajstić information content (AvgIpc) is 2.69. The second-order valence-corrected chi connectivity index (χ2v) is 9.78. The second-order valence-electron chi connectivity index (χ2n) is 8.68. The predicted octanol–water partition coefficient (Wildman–Crippen LogP) is 1.55. The predicted molar refractivity (Wildman–Crippen MR) is 113 cm³/mol. The summed E-state index contributed by atoms with van der Waals surface area (Å²) in [6.45, 7) is 6.98. The van der Waals surface area contributed by atoms with E-state index in [2.05, 4.69) is 10.6 Å². The van der Waals surface area contributed by atoms with E-state index in [1.54, 1.807) is 27.7 Å². The van der Waals surface area contributed by atoms with Gasteiger partial charge in [0.15, 0.2) is 0 Å². The smallest absolute Gasteiger partial charge is 0.352 e. The largest absolute Gasteiger partial charge is 0.477 e. The van der Waals surface area contributed by atoms with Crippen molar-refractivity contribution in [1.29, 1.82) is 0 Å². The van der Waals surface area contributed by atoms with Crippen LogP contribution in [0, 0.1) is 5.41 Å². The number of amides is 3. The molecular formula is C21H27N3O5S. The van der Waals surface area contributed by atoms with Crippen LogP contribution < -0.4 is 10.6 Å². The standard InChI is InChI=1S/C21H27N3O5S/c1-11-10-30-18-14(17(26)24(18)15(11)19(27)28)22-16(25)13(12-8-6-5-7-9-12)23-20(29)21(2,3)4/h5-6,9,13-14,18H,7-8,10H2,1-4H3,(H,22,25)(H,23,29)(H,27,28)/t13-,14-,18-/m1/s1. The number of fused-ring (bicyclic) bond motifs is 1. The SMILES string of the molecule is CC1=C(C(=O)O)N2C(=O)[C@@H](NC(=O)[C@H](NC(=O)C(C)(C)C)C3=CCC=CC3)[C@H]2SC1. The Labute approximate surface area is 179 Å². The maximum absolute atomic E-state index is 13.1. The van der Waals surface area contributed by atoms with Crippen LogP contribution >= 0.6 is 11.8 Å². The van der Waals surface area contributed by atoms with E-state index in [0.29, 0.717) is 24.2 Å². The molecule has 1 saturated heterocycles. The number of carboxylic acid groups (broad SMARTS) is 1. The summed E-state index contributed by atoms with van der Waals surface area (Å²) in [4.78, 5) is 51.1. The molecule has 3 atom stereocenters. The lowest BCUT2D eigenvalue weighted by Gasteiger charge is -2.49. The molecule has 3 rings (SSSR count). The molecule has 3 aliphatic rings. The van der Waals surface area contributed by atoms with E-state index >= 15 is 0 Å². The molecule has 1 fully saturated rings. The highest BCUT2D eigenvalue weighted by atomic mass is 32.2. The van der Waals surface area contributed by atoms with Gasteiger partial charge in [0.1, 0.15) is 23.2 Å². The minimum absolute atomic E-state index is 0.00744. The number of thioether (sulfide) groups is 1. The Hall–Kier alpha value is -2.55. The molecule has 30 heavy (non-hydrogen) atoms. The zero-order valence-electron chi connectivity index (χ0n) is 17.5. The molecule has 9 heteroatoms. The van der Waals surface area contributed by atoms with Crippen molar-refractivity contribution < 1.29 is 24.3 Å². The van der Waals surface area contributed by atoms with Crippen LogP contribution in [-0.2, 0) is 19.2 Å². The van der Waals surface area contributed by atoms with Crippen molar-refractivity contribution in [3.63, 3.8) is 0 Å². The molecule has 0 spiro atoms. The van der Waals surface area contributed by atoms with Gasteiger partial charge in [-0.1, -0.05) is 39.0 Å². The minimum Gasteiger partial charge on any atom is -0.477 e. The molecule has 0 aromatic heterocycles. The van der Waals surface area contributed by atoms with Crippen LogP contribution in [0.25, 0.3) is 0 Å². The van der Waals surface area contributed by atoms with Crippen molar-refractivity contribution in [2.45, 2.75) is 58.0 Å². The van der Waals surface area contributed by atoms with Crippen LogP contribution in [0.1, 0.15) is 40.5 Å². The van der Waals surface area contributed by atoms with Crippen LogP contribution in [0.4, 0.5) is 0 Å². The van der Waals surface area contributed by atoms with E-state index in [0.717, 1.165) is 5.57 Å². The van der Waals surface area contributed by atoms with Crippen molar-refractivity contribution in [2.75, 3.05) is 5.75 Å². The van der Waals surface area contributed by atoms with Crippen molar-refractivity contribution in [1.82, 2.24) is 15.5 Å². The molecule has 0 radical (unpaired) electrons. The van der Waals surface area contributed by atoms with E-state index in [1.807, 2.05) is 18.2 Å². The summed E-state index contributed by atoms with van der Waals surface area (Å²) in [7, 11) is 0. The highest BCUT2D eigenvalue weighted by molar-refractivity contribution is 8.00. The number of nitrogens with one attached hydrogen (secondary N) is 2. The van der Waals surface area contributed by atoms with Gasteiger partial charge in [-0.15, -0.1) is 11.8 Å². The van der Waals surface area contributed by atoms with Crippen LogP contribution in [-0.4, -0.2) is 56.9 Å². The number of nitrogens with zero attached hydrogens (tertiary/aromatic N) is 1. The van der Waals surface area contributed by atoms with Gasteiger partial charge in [0.2, 0.25) is 11.8 Å². The Kier molecular flexibility index (Phi) is 6.12. The normalized spacial score (nSPS) is 24.5. The first-order valence-electron chi connectivity index (χ1n) is 9.85. The average molecular weight is 434 g/mol. The molecule has 0 aromatic rings. The van der Waals surface area contributed by atoms with Gasteiger partial charge in [0.25, 0.3) is 5.91 Å². The van der Waals surface area contributed by atoms with Gasteiger partial charge in [-0.2, -0.15) is 0 Å². The fourth-order valence-corrected chi connectivity index (χ4v) is 4.83. The van der Waals surface area contributed by atoms with Crippen LogP contribution in [0.15, 0.2) is 35.1 Å². The summed E-state index contributed by atoms with van der Waals surface area (Å²) in [6, 6.07) is -1.70. The number of aliphatic carboxylic acids is 1. The van der Waals surface area contributed by atoms with E-state index < -0.39 is 40.7 Å². The molecular weight excluding hydrogens is 406 g/mol. The first-order chi connectivity index (χ1) is 14.0. The third kappa shape index (κ3) is 4.16. The molecule has 8 nitrogen and oxygen atoms in total. The molecule has 0 unspecified atom stereocenters. The number of rotatable bonds is 5. The highest BCUT2D eigenvalue weighted by Gasteiger charge is 2.54. The first-order valence-corrected chi connectivity index (χ1v) is 10.9. The van der Waals surface area contributed by atoms with Gasteiger partial charge < -0.3 is 15.7 Å².